The second kappa shape index (κ2) is 9.15. The fourth-order valence-corrected chi connectivity index (χ4v) is 2.47. The summed E-state index contributed by atoms with van der Waals surface area (Å²) < 4.78 is 5.08. The SMILES string of the molecule is Cc1ccc(C(O)C(O)CCNC(=O)OCc2ccccc2)c(C)n1. The number of rotatable bonds is 7. The van der Waals surface area contributed by atoms with Gasteiger partial charge in [0, 0.05) is 23.5 Å². The molecule has 0 fully saturated rings. The molecule has 2 unspecified atom stereocenters. The first-order chi connectivity index (χ1) is 12.0. The van der Waals surface area contributed by atoms with Crippen molar-refractivity contribution in [2.75, 3.05) is 6.54 Å². The molecule has 6 heteroatoms. The van der Waals surface area contributed by atoms with Crippen LogP contribution in [0.5, 0.6) is 0 Å². The van der Waals surface area contributed by atoms with E-state index in [2.05, 4.69) is 10.3 Å². The number of nitrogens with zero attached hydrogens (tertiary/aromatic N) is 1. The topological polar surface area (TPSA) is 91.7 Å². The first-order valence-electron chi connectivity index (χ1n) is 8.22. The van der Waals surface area contributed by atoms with Gasteiger partial charge in [-0.05, 0) is 31.9 Å². The smallest absolute Gasteiger partial charge is 0.407 e. The second-order valence-corrected chi connectivity index (χ2v) is 5.92. The summed E-state index contributed by atoms with van der Waals surface area (Å²) in [4.78, 5) is 15.9. The summed E-state index contributed by atoms with van der Waals surface area (Å²) in [5.74, 6) is 0. The third kappa shape index (κ3) is 5.85. The summed E-state index contributed by atoms with van der Waals surface area (Å²) in [5.41, 5.74) is 3.02. The molecule has 2 aromatic rings. The number of aromatic nitrogens is 1. The van der Waals surface area contributed by atoms with Crippen LogP contribution in [0.1, 0.15) is 35.0 Å². The predicted molar refractivity (Wildman–Crippen MR) is 93.9 cm³/mol. The van der Waals surface area contributed by atoms with Gasteiger partial charge in [0.15, 0.2) is 0 Å². The summed E-state index contributed by atoms with van der Waals surface area (Å²) >= 11 is 0. The van der Waals surface area contributed by atoms with Crippen molar-refractivity contribution in [3.8, 4) is 0 Å². The van der Waals surface area contributed by atoms with Crippen molar-refractivity contribution in [1.29, 1.82) is 0 Å². The Morgan fingerprint density at radius 2 is 1.88 bits per heavy atom. The lowest BCUT2D eigenvalue weighted by Crippen LogP contribution is -2.30. The molecule has 134 valence electrons. The number of hydrogen-bond acceptors (Lipinski definition) is 5. The molecule has 6 nitrogen and oxygen atoms in total. The molecule has 0 aliphatic rings. The van der Waals surface area contributed by atoms with Gasteiger partial charge in [0.2, 0.25) is 0 Å². The molecular formula is C19H24N2O4. The summed E-state index contributed by atoms with van der Waals surface area (Å²) in [6.45, 7) is 4.04. The van der Waals surface area contributed by atoms with Gasteiger partial charge >= 0.3 is 6.09 Å². The van der Waals surface area contributed by atoms with E-state index in [0.29, 0.717) is 11.3 Å². The number of alkyl carbamates (subject to hydrolysis) is 1. The van der Waals surface area contributed by atoms with E-state index in [-0.39, 0.29) is 19.6 Å². The van der Waals surface area contributed by atoms with E-state index in [1.807, 2.05) is 37.3 Å². The standard InChI is InChI=1S/C19H24N2O4/c1-13-8-9-16(14(2)21-13)18(23)17(22)10-11-20-19(24)25-12-15-6-4-3-5-7-15/h3-9,17-18,22-23H,10-12H2,1-2H3,(H,20,24). The van der Waals surface area contributed by atoms with Crippen molar-refractivity contribution in [3.05, 3.63) is 65.0 Å². The third-order valence-corrected chi connectivity index (χ3v) is 3.87. The van der Waals surface area contributed by atoms with Gasteiger partial charge in [-0.2, -0.15) is 0 Å². The normalized spacial score (nSPS) is 13.1. The van der Waals surface area contributed by atoms with Gasteiger partial charge in [-0.3, -0.25) is 4.98 Å². The van der Waals surface area contributed by atoms with Gasteiger partial charge in [-0.25, -0.2) is 4.79 Å². The van der Waals surface area contributed by atoms with Crippen molar-refractivity contribution < 1.29 is 19.7 Å². The van der Waals surface area contributed by atoms with Gasteiger partial charge in [0.25, 0.3) is 0 Å². The van der Waals surface area contributed by atoms with E-state index >= 15 is 0 Å². The number of aliphatic hydroxyl groups is 2. The highest BCUT2D eigenvalue weighted by Gasteiger charge is 2.20. The van der Waals surface area contributed by atoms with Gasteiger partial charge in [0.1, 0.15) is 12.7 Å². The van der Waals surface area contributed by atoms with Crippen molar-refractivity contribution in [2.24, 2.45) is 0 Å². The Morgan fingerprint density at radius 1 is 1.16 bits per heavy atom. The lowest BCUT2D eigenvalue weighted by Gasteiger charge is -2.19. The predicted octanol–water partition coefficient (Wildman–Crippen LogP) is 2.41. The number of ether oxygens (including phenoxy) is 1. The molecule has 1 amide bonds. The molecule has 0 aliphatic heterocycles. The van der Waals surface area contributed by atoms with Gasteiger partial charge in [-0.15, -0.1) is 0 Å². The molecule has 0 saturated carbocycles. The maximum absolute atomic E-state index is 11.6. The van der Waals surface area contributed by atoms with Crippen molar-refractivity contribution in [1.82, 2.24) is 10.3 Å². The summed E-state index contributed by atoms with van der Waals surface area (Å²) in [7, 11) is 0. The molecule has 1 heterocycles. The van der Waals surface area contributed by atoms with E-state index in [0.717, 1.165) is 11.3 Å². The Hall–Kier alpha value is -2.44. The van der Waals surface area contributed by atoms with Crippen LogP contribution in [0.25, 0.3) is 0 Å². The van der Waals surface area contributed by atoms with Crippen LogP contribution in [0, 0.1) is 13.8 Å². The first kappa shape index (κ1) is 18.9. The Morgan fingerprint density at radius 3 is 2.56 bits per heavy atom. The van der Waals surface area contributed by atoms with Crippen LogP contribution in [0.15, 0.2) is 42.5 Å². The third-order valence-electron chi connectivity index (χ3n) is 3.87. The van der Waals surface area contributed by atoms with Crippen LogP contribution in [0.2, 0.25) is 0 Å². The molecular weight excluding hydrogens is 320 g/mol. The average molecular weight is 344 g/mol. The minimum atomic E-state index is -1.05. The number of nitrogens with one attached hydrogen (secondary N) is 1. The highest BCUT2D eigenvalue weighted by atomic mass is 16.5. The number of carbonyl (C=O) groups excluding carboxylic acids is 1. The summed E-state index contributed by atoms with van der Waals surface area (Å²) in [6.07, 6.45) is -2.40. The lowest BCUT2D eigenvalue weighted by molar-refractivity contribution is 0.0130. The number of carbonyl (C=O) groups is 1. The van der Waals surface area contributed by atoms with Gasteiger partial charge < -0.3 is 20.3 Å². The first-order valence-corrected chi connectivity index (χ1v) is 8.22. The molecule has 25 heavy (non-hydrogen) atoms. The Labute approximate surface area is 147 Å². The van der Waals surface area contributed by atoms with Crippen LogP contribution in [-0.4, -0.2) is 33.9 Å². The fraction of sp³-hybridized carbons (Fsp3) is 0.368. The molecule has 2 rings (SSSR count). The number of hydrogen-bond donors (Lipinski definition) is 3. The number of benzene rings is 1. The maximum Gasteiger partial charge on any atom is 0.407 e. The molecule has 1 aromatic carbocycles. The van der Waals surface area contributed by atoms with Crippen LogP contribution in [0.4, 0.5) is 4.79 Å². The molecule has 0 aliphatic carbocycles. The zero-order chi connectivity index (χ0) is 18.2. The van der Waals surface area contributed by atoms with Crippen molar-refractivity contribution >= 4 is 6.09 Å². The van der Waals surface area contributed by atoms with Crippen molar-refractivity contribution in [2.45, 2.75) is 39.1 Å². The van der Waals surface area contributed by atoms with E-state index < -0.39 is 18.3 Å². The second-order valence-electron chi connectivity index (χ2n) is 5.92. The fourth-order valence-electron chi connectivity index (χ4n) is 2.47. The molecule has 0 radical (unpaired) electrons. The van der Waals surface area contributed by atoms with E-state index in [1.54, 1.807) is 19.1 Å². The van der Waals surface area contributed by atoms with Crippen LogP contribution < -0.4 is 5.32 Å². The summed E-state index contributed by atoms with van der Waals surface area (Å²) in [5, 5.41) is 22.9. The Bertz CT molecular complexity index is 691. The Kier molecular flexibility index (Phi) is 6.91. The minimum Gasteiger partial charge on any atom is -0.445 e. The van der Waals surface area contributed by atoms with Gasteiger partial charge in [-0.1, -0.05) is 36.4 Å². The Balaban J connectivity index is 1.74. The minimum absolute atomic E-state index is 0.187. The number of amides is 1. The molecule has 1 aromatic heterocycles. The monoisotopic (exact) mass is 344 g/mol. The summed E-state index contributed by atoms with van der Waals surface area (Å²) in [6, 6.07) is 12.9. The van der Waals surface area contributed by atoms with E-state index in [1.165, 1.54) is 0 Å². The van der Waals surface area contributed by atoms with Crippen LogP contribution >= 0.6 is 0 Å². The van der Waals surface area contributed by atoms with E-state index in [9.17, 15) is 15.0 Å². The quantitative estimate of drug-likeness (QED) is 0.717. The van der Waals surface area contributed by atoms with Crippen LogP contribution in [0.3, 0.4) is 0 Å². The number of pyridine rings is 1. The van der Waals surface area contributed by atoms with Crippen molar-refractivity contribution in [3.63, 3.8) is 0 Å². The number of aliphatic hydroxyl groups excluding tert-OH is 2. The zero-order valence-electron chi connectivity index (χ0n) is 14.5. The van der Waals surface area contributed by atoms with E-state index in [4.69, 9.17) is 4.74 Å². The van der Waals surface area contributed by atoms with Crippen LogP contribution in [-0.2, 0) is 11.3 Å². The molecule has 2 atom stereocenters. The molecule has 0 spiro atoms. The van der Waals surface area contributed by atoms with Gasteiger partial charge in [0.05, 0.1) is 6.10 Å². The zero-order valence-corrected chi connectivity index (χ0v) is 14.5. The lowest BCUT2D eigenvalue weighted by atomic mass is 10.0. The molecule has 0 bridgehead atoms. The largest absolute Gasteiger partial charge is 0.445 e. The molecule has 3 N–H and O–H groups in total. The average Bonchev–Trinajstić information content (AvgIpc) is 2.60. The number of aryl methyl sites for hydroxylation is 2. The highest BCUT2D eigenvalue weighted by molar-refractivity contribution is 5.67. The maximum atomic E-state index is 11.6. The molecule has 0 saturated heterocycles. The highest BCUT2D eigenvalue weighted by Crippen LogP contribution is 2.21.